The molecule has 3 rings (SSSR count). The molecule has 7 nitrogen and oxygen atoms in total. The molecule has 1 aliphatic heterocycles. The summed E-state index contributed by atoms with van der Waals surface area (Å²) in [6.45, 7) is 4.97. The van der Waals surface area contributed by atoms with Crippen LogP contribution in [0.25, 0.3) is 0 Å². The van der Waals surface area contributed by atoms with Gasteiger partial charge in [-0.1, -0.05) is 12.5 Å². The fraction of sp³-hybridized carbons (Fsp3) is 0.435. The standard InChI is InChI=1S/C23H30N2O5S/c1-17-7-12-21(31(27,28)25-13-5-4-6-14-25)15-22(17)23(26)24-18(2)16-30-20-10-8-19(29-3)9-11-20/h7-12,15,18H,4-6,13-14,16H2,1-3H3,(H,24,26)/t18-/m0/s1. The zero-order chi connectivity index (χ0) is 22.4. The molecule has 0 radical (unpaired) electrons. The Balaban J connectivity index is 1.65. The van der Waals surface area contributed by atoms with Gasteiger partial charge in [-0.2, -0.15) is 4.31 Å². The molecular formula is C23H30N2O5S. The number of nitrogens with one attached hydrogen (secondary N) is 1. The molecule has 8 heteroatoms. The van der Waals surface area contributed by atoms with Gasteiger partial charge in [-0.15, -0.1) is 0 Å². The summed E-state index contributed by atoms with van der Waals surface area (Å²) in [5.74, 6) is 1.09. The van der Waals surface area contributed by atoms with Crippen LogP contribution in [0.4, 0.5) is 0 Å². The molecule has 0 spiro atoms. The molecule has 1 atom stereocenters. The Morgan fingerprint density at radius 1 is 1.06 bits per heavy atom. The van der Waals surface area contributed by atoms with Gasteiger partial charge in [0.1, 0.15) is 18.1 Å². The zero-order valence-corrected chi connectivity index (χ0v) is 19.1. The van der Waals surface area contributed by atoms with E-state index in [0.717, 1.165) is 30.6 Å². The first-order valence-corrected chi connectivity index (χ1v) is 11.9. The predicted octanol–water partition coefficient (Wildman–Crippen LogP) is 3.38. The maximum absolute atomic E-state index is 13.0. The number of carbonyl (C=O) groups is 1. The number of hydrogen-bond acceptors (Lipinski definition) is 5. The average Bonchev–Trinajstić information content (AvgIpc) is 2.78. The van der Waals surface area contributed by atoms with Gasteiger partial charge >= 0.3 is 0 Å². The van der Waals surface area contributed by atoms with E-state index in [1.54, 1.807) is 50.4 Å². The van der Waals surface area contributed by atoms with Crippen molar-refractivity contribution in [3.63, 3.8) is 0 Å². The van der Waals surface area contributed by atoms with Crippen molar-refractivity contribution in [3.8, 4) is 11.5 Å². The summed E-state index contributed by atoms with van der Waals surface area (Å²) in [6, 6.07) is 11.7. The third-order valence-electron chi connectivity index (χ3n) is 5.34. The van der Waals surface area contributed by atoms with Crippen LogP contribution in [0.2, 0.25) is 0 Å². The van der Waals surface area contributed by atoms with Crippen molar-refractivity contribution >= 4 is 15.9 Å². The number of nitrogens with zero attached hydrogens (tertiary/aromatic N) is 1. The maximum Gasteiger partial charge on any atom is 0.251 e. The highest BCUT2D eigenvalue weighted by atomic mass is 32.2. The van der Waals surface area contributed by atoms with Crippen LogP contribution < -0.4 is 14.8 Å². The van der Waals surface area contributed by atoms with E-state index in [0.29, 0.717) is 24.4 Å². The quantitative estimate of drug-likeness (QED) is 0.672. The van der Waals surface area contributed by atoms with Crippen LogP contribution in [0.3, 0.4) is 0 Å². The van der Waals surface area contributed by atoms with Crippen LogP contribution in [0.1, 0.15) is 42.1 Å². The van der Waals surface area contributed by atoms with E-state index in [1.807, 2.05) is 6.92 Å². The van der Waals surface area contributed by atoms with Crippen LogP contribution in [-0.4, -0.2) is 51.5 Å². The Hall–Kier alpha value is -2.58. The second-order valence-electron chi connectivity index (χ2n) is 7.80. The molecule has 1 N–H and O–H groups in total. The number of benzene rings is 2. The Labute approximate surface area is 184 Å². The molecule has 0 unspecified atom stereocenters. The Bertz CT molecular complexity index is 999. The van der Waals surface area contributed by atoms with E-state index < -0.39 is 10.0 Å². The highest BCUT2D eigenvalue weighted by molar-refractivity contribution is 7.89. The fourth-order valence-electron chi connectivity index (χ4n) is 3.50. The van der Waals surface area contributed by atoms with Crippen molar-refractivity contribution in [3.05, 3.63) is 53.6 Å². The summed E-state index contributed by atoms with van der Waals surface area (Å²) in [5, 5.41) is 2.89. The normalized spacial score (nSPS) is 15.8. The lowest BCUT2D eigenvalue weighted by Gasteiger charge is -2.26. The van der Waals surface area contributed by atoms with Gasteiger partial charge in [0.15, 0.2) is 0 Å². The Morgan fingerprint density at radius 2 is 1.71 bits per heavy atom. The van der Waals surface area contributed by atoms with Gasteiger partial charge < -0.3 is 14.8 Å². The van der Waals surface area contributed by atoms with Gasteiger partial charge in [-0.05, 0) is 68.7 Å². The maximum atomic E-state index is 13.0. The first-order chi connectivity index (χ1) is 14.8. The summed E-state index contributed by atoms with van der Waals surface area (Å²) in [6.07, 6.45) is 2.78. The van der Waals surface area contributed by atoms with Crippen LogP contribution >= 0.6 is 0 Å². The largest absolute Gasteiger partial charge is 0.497 e. The number of piperidine rings is 1. The lowest BCUT2D eigenvalue weighted by molar-refractivity contribution is 0.0926. The van der Waals surface area contributed by atoms with E-state index >= 15 is 0 Å². The SMILES string of the molecule is COc1ccc(OC[C@H](C)NC(=O)c2cc(S(=O)(=O)N3CCCCC3)ccc2C)cc1. The summed E-state index contributed by atoms with van der Waals surface area (Å²) in [7, 11) is -2.00. The third-order valence-corrected chi connectivity index (χ3v) is 7.24. The number of carbonyl (C=O) groups excluding carboxylic acids is 1. The Morgan fingerprint density at radius 3 is 2.35 bits per heavy atom. The minimum Gasteiger partial charge on any atom is -0.497 e. The summed E-state index contributed by atoms with van der Waals surface area (Å²) < 4.78 is 38.3. The van der Waals surface area contributed by atoms with Crippen molar-refractivity contribution in [2.75, 3.05) is 26.8 Å². The first kappa shape index (κ1) is 23.1. The molecule has 1 aliphatic rings. The first-order valence-electron chi connectivity index (χ1n) is 10.5. The number of methoxy groups -OCH3 is 1. The second-order valence-corrected chi connectivity index (χ2v) is 9.74. The van der Waals surface area contributed by atoms with E-state index in [1.165, 1.54) is 10.4 Å². The molecule has 2 aromatic carbocycles. The lowest BCUT2D eigenvalue weighted by Crippen LogP contribution is -2.38. The molecule has 1 fully saturated rings. The molecule has 0 aromatic heterocycles. The average molecular weight is 447 g/mol. The zero-order valence-electron chi connectivity index (χ0n) is 18.3. The molecule has 2 aromatic rings. The van der Waals surface area contributed by atoms with Crippen LogP contribution in [0.15, 0.2) is 47.4 Å². The number of amides is 1. The summed E-state index contributed by atoms with van der Waals surface area (Å²) in [4.78, 5) is 13.0. The smallest absolute Gasteiger partial charge is 0.251 e. The number of sulfonamides is 1. The fourth-order valence-corrected chi connectivity index (χ4v) is 5.04. The predicted molar refractivity (Wildman–Crippen MR) is 119 cm³/mol. The van der Waals surface area contributed by atoms with Crippen LogP contribution in [-0.2, 0) is 10.0 Å². The van der Waals surface area contributed by atoms with Crippen molar-refractivity contribution in [2.45, 2.75) is 44.0 Å². The lowest BCUT2D eigenvalue weighted by atomic mass is 10.1. The topological polar surface area (TPSA) is 84.9 Å². The molecule has 168 valence electrons. The van der Waals surface area contributed by atoms with E-state index in [9.17, 15) is 13.2 Å². The summed E-state index contributed by atoms with van der Waals surface area (Å²) >= 11 is 0. The van der Waals surface area contributed by atoms with Crippen molar-refractivity contribution in [1.29, 1.82) is 0 Å². The number of aryl methyl sites for hydroxylation is 1. The van der Waals surface area contributed by atoms with Gasteiger partial charge in [0.25, 0.3) is 5.91 Å². The molecule has 0 saturated carbocycles. The van der Waals surface area contributed by atoms with Gasteiger partial charge in [0, 0.05) is 18.7 Å². The molecule has 1 saturated heterocycles. The molecule has 1 amide bonds. The number of rotatable bonds is 8. The van der Waals surface area contributed by atoms with E-state index in [4.69, 9.17) is 9.47 Å². The minimum absolute atomic E-state index is 0.160. The summed E-state index contributed by atoms with van der Waals surface area (Å²) in [5.41, 5.74) is 1.08. The second kappa shape index (κ2) is 10.2. The van der Waals surface area contributed by atoms with Crippen LogP contribution in [0, 0.1) is 6.92 Å². The van der Waals surface area contributed by atoms with Crippen molar-refractivity contribution in [2.24, 2.45) is 0 Å². The highest BCUT2D eigenvalue weighted by Crippen LogP contribution is 2.23. The van der Waals surface area contributed by atoms with Gasteiger partial charge in [-0.25, -0.2) is 8.42 Å². The number of ether oxygens (including phenoxy) is 2. The molecule has 0 aliphatic carbocycles. The molecular weight excluding hydrogens is 416 g/mol. The molecule has 0 bridgehead atoms. The number of hydrogen-bond donors (Lipinski definition) is 1. The van der Waals surface area contributed by atoms with E-state index in [-0.39, 0.29) is 23.5 Å². The van der Waals surface area contributed by atoms with Gasteiger partial charge in [-0.3, -0.25) is 4.79 Å². The van der Waals surface area contributed by atoms with Crippen LogP contribution in [0.5, 0.6) is 11.5 Å². The van der Waals surface area contributed by atoms with E-state index in [2.05, 4.69) is 5.32 Å². The minimum atomic E-state index is -3.60. The monoisotopic (exact) mass is 446 g/mol. The highest BCUT2D eigenvalue weighted by Gasteiger charge is 2.27. The Kier molecular flexibility index (Phi) is 7.56. The third kappa shape index (κ3) is 5.77. The van der Waals surface area contributed by atoms with Crippen molar-refractivity contribution < 1.29 is 22.7 Å². The molecule has 1 heterocycles. The van der Waals surface area contributed by atoms with Crippen molar-refractivity contribution in [1.82, 2.24) is 9.62 Å². The van der Waals surface area contributed by atoms with Gasteiger partial charge in [0.05, 0.1) is 18.0 Å². The molecule has 31 heavy (non-hydrogen) atoms. The van der Waals surface area contributed by atoms with Gasteiger partial charge in [0.2, 0.25) is 10.0 Å².